The first kappa shape index (κ1) is 7.54. The summed E-state index contributed by atoms with van der Waals surface area (Å²) in [5, 5.41) is 0. The third kappa shape index (κ3) is 1.70. The molecule has 0 saturated carbocycles. The molecule has 1 aliphatic heterocycles. The van der Waals surface area contributed by atoms with Gasteiger partial charge >= 0.3 is 0 Å². The molecule has 0 aromatic rings. The molecule has 2 radical (unpaired) electrons. The minimum absolute atomic E-state index is 0.146. The summed E-state index contributed by atoms with van der Waals surface area (Å²) in [6.45, 7) is 4.71. The number of nitrogens with zero attached hydrogens (tertiary/aromatic N) is 2. The molecule has 1 fully saturated rings. The van der Waals surface area contributed by atoms with Crippen molar-refractivity contribution in [3.63, 3.8) is 0 Å². The van der Waals surface area contributed by atoms with E-state index in [1.54, 1.807) is 11.8 Å². The SMILES string of the molecule is [CH]N1CCN(C(C)=O)CC1. The second-order valence-corrected chi connectivity index (χ2v) is 2.54. The van der Waals surface area contributed by atoms with Gasteiger partial charge in [0, 0.05) is 40.2 Å². The summed E-state index contributed by atoms with van der Waals surface area (Å²) in [7, 11) is 5.49. The monoisotopic (exact) mass is 140 g/mol. The van der Waals surface area contributed by atoms with Gasteiger partial charge in [0.25, 0.3) is 0 Å². The molecule has 0 unspecified atom stereocenters. The average Bonchev–Trinajstić information content (AvgIpc) is 1.88. The van der Waals surface area contributed by atoms with Crippen LogP contribution in [0.15, 0.2) is 0 Å². The number of hydrogen-bond acceptors (Lipinski definition) is 2. The Morgan fingerprint density at radius 2 is 1.80 bits per heavy atom. The van der Waals surface area contributed by atoms with E-state index in [4.69, 9.17) is 7.05 Å². The number of hydrogen-bond donors (Lipinski definition) is 0. The molecule has 0 N–H and O–H groups in total. The average molecular weight is 140 g/mol. The van der Waals surface area contributed by atoms with Crippen molar-refractivity contribution >= 4 is 5.91 Å². The molecule has 0 aromatic heterocycles. The van der Waals surface area contributed by atoms with Crippen LogP contribution < -0.4 is 0 Å². The van der Waals surface area contributed by atoms with Crippen molar-refractivity contribution in [2.75, 3.05) is 26.2 Å². The highest BCUT2D eigenvalue weighted by molar-refractivity contribution is 5.73. The van der Waals surface area contributed by atoms with Crippen LogP contribution in [0.3, 0.4) is 0 Å². The predicted molar refractivity (Wildman–Crippen MR) is 38.1 cm³/mol. The lowest BCUT2D eigenvalue weighted by atomic mass is 10.3. The molecule has 3 heteroatoms. The molecule has 0 aliphatic carbocycles. The van der Waals surface area contributed by atoms with Crippen LogP contribution in [0, 0.1) is 7.05 Å². The van der Waals surface area contributed by atoms with Gasteiger partial charge in [0.1, 0.15) is 0 Å². The van der Waals surface area contributed by atoms with Crippen molar-refractivity contribution in [3.8, 4) is 0 Å². The first-order valence-corrected chi connectivity index (χ1v) is 3.45. The quantitative estimate of drug-likeness (QED) is 0.466. The number of piperazine rings is 1. The third-order valence-electron chi connectivity index (χ3n) is 1.76. The minimum atomic E-state index is 0.146. The molecular formula is C7H12N2O. The highest BCUT2D eigenvalue weighted by Gasteiger charge is 2.14. The van der Waals surface area contributed by atoms with Gasteiger partial charge in [0.15, 0.2) is 0 Å². The zero-order valence-electron chi connectivity index (χ0n) is 6.21. The van der Waals surface area contributed by atoms with E-state index in [1.165, 1.54) is 0 Å². The summed E-state index contributed by atoms with van der Waals surface area (Å²) in [5.74, 6) is 0.146. The zero-order chi connectivity index (χ0) is 7.56. The molecule has 0 aromatic carbocycles. The standard InChI is InChI=1S/C7H12N2O/c1-7(10)9-5-3-8(2)4-6-9/h2H,3-6H2,1H3. The first-order chi connectivity index (χ1) is 4.70. The van der Waals surface area contributed by atoms with Crippen LogP contribution >= 0.6 is 0 Å². The van der Waals surface area contributed by atoms with Crippen molar-refractivity contribution in [1.29, 1.82) is 0 Å². The van der Waals surface area contributed by atoms with Gasteiger partial charge in [-0.25, -0.2) is 0 Å². The van der Waals surface area contributed by atoms with Crippen molar-refractivity contribution in [2.24, 2.45) is 0 Å². The smallest absolute Gasteiger partial charge is 0.219 e. The fraction of sp³-hybridized carbons (Fsp3) is 0.714. The van der Waals surface area contributed by atoms with Crippen molar-refractivity contribution in [2.45, 2.75) is 6.92 Å². The van der Waals surface area contributed by atoms with E-state index in [-0.39, 0.29) is 5.91 Å². The zero-order valence-corrected chi connectivity index (χ0v) is 6.21. The van der Waals surface area contributed by atoms with Gasteiger partial charge in [0.05, 0.1) is 0 Å². The minimum Gasteiger partial charge on any atom is -0.340 e. The molecule has 1 aliphatic rings. The summed E-state index contributed by atoms with van der Waals surface area (Å²) in [6, 6.07) is 0. The maximum Gasteiger partial charge on any atom is 0.219 e. The Hall–Kier alpha value is -0.570. The Balaban J connectivity index is 2.33. The highest BCUT2D eigenvalue weighted by Crippen LogP contribution is 1.98. The van der Waals surface area contributed by atoms with Crippen LogP contribution in [0.2, 0.25) is 0 Å². The lowest BCUT2D eigenvalue weighted by Gasteiger charge is -2.31. The van der Waals surface area contributed by atoms with Gasteiger partial charge in [-0.15, -0.1) is 0 Å². The number of carbonyl (C=O) groups excluding carboxylic acids is 1. The number of amides is 1. The van der Waals surface area contributed by atoms with Crippen LogP contribution in [0.5, 0.6) is 0 Å². The van der Waals surface area contributed by atoms with E-state index in [0.717, 1.165) is 26.2 Å². The molecule has 3 nitrogen and oxygen atoms in total. The lowest BCUT2D eigenvalue weighted by molar-refractivity contribution is -0.130. The van der Waals surface area contributed by atoms with E-state index in [0.29, 0.717) is 0 Å². The van der Waals surface area contributed by atoms with Gasteiger partial charge < -0.3 is 4.90 Å². The third-order valence-corrected chi connectivity index (χ3v) is 1.76. The van der Waals surface area contributed by atoms with Gasteiger partial charge in [-0.2, -0.15) is 0 Å². The van der Waals surface area contributed by atoms with Crippen molar-refractivity contribution < 1.29 is 4.79 Å². The topological polar surface area (TPSA) is 23.6 Å². The van der Waals surface area contributed by atoms with Crippen molar-refractivity contribution in [3.05, 3.63) is 7.05 Å². The van der Waals surface area contributed by atoms with Gasteiger partial charge in [-0.1, -0.05) is 0 Å². The van der Waals surface area contributed by atoms with Crippen molar-refractivity contribution in [1.82, 2.24) is 9.80 Å². The van der Waals surface area contributed by atoms with E-state index in [1.807, 2.05) is 4.90 Å². The molecule has 56 valence electrons. The molecule has 1 amide bonds. The highest BCUT2D eigenvalue weighted by atomic mass is 16.2. The Morgan fingerprint density at radius 3 is 2.20 bits per heavy atom. The summed E-state index contributed by atoms with van der Waals surface area (Å²) in [6.07, 6.45) is 0. The van der Waals surface area contributed by atoms with Crippen LogP contribution in [0.1, 0.15) is 6.92 Å². The Bertz CT molecular complexity index is 128. The second kappa shape index (κ2) is 3.01. The Kier molecular flexibility index (Phi) is 2.27. The molecule has 1 saturated heterocycles. The summed E-state index contributed by atoms with van der Waals surface area (Å²) >= 11 is 0. The van der Waals surface area contributed by atoms with Crippen LogP contribution in [0.4, 0.5) is 0 Å². The maximum atomic E-state index is 10.8. The molecule has 1 heterocycles. The fourth-order valence-electron chi connectivity index (χ4n) is 1.04. The van der Waals surface area contributed by atoms with Crippen LogP contribution in [0.25, 0.3) is 0 Å². The molecule has 0 bridgehead atoms. The molecule has 0 spiro atoms. The van der Waals surface area contributed by atoms with E-state index < -0.39 is 0 Å². The Labute approximate surface area is 61.6 Å². The number of carbonyl (C=O) groups is 1. The number of rotatable bonds is 0. The molecule has 0 atom stereocenters. The normalized spacial score (nSPS) is 21.2. The fourth-order valence-corrected chi connectivity index (χ4v) is 1.04. The lowest BCUT2D eigenvalue weighted by Crippen LogP contribution is -2.45. The van der Waals surface area contributed by atoms with Crippen LogP contribution in [-0.2, 0) is 4.79 Å². The van der Waals surface area contributed by atoms with E-state index in [2.05, 4.69) is 0 Å². The van der Waals surface area contributed by atoms with Gasteiger partial charge in [-0.3, -0.25) is 9.69 Å². The largest absolute Gasteiger partial charge is 0.340 e. The predicted octanol–water partition coefficient (Wildman–Crippen LogP) is -0.181. The molecular weight excluding hydrogens is 128 g/mol. The maximum absolute atomic E-state index is 10.8. The van der Waals surface area contributed by atoms with Crippen LogP contribution in [-0.4, -0.2) is 41.9 Å². The van der Waals surface area contributed by atoms with E-state index >= 15 is 0 Å². The van der Waals surface area contributed by atoms with Gasteiger partial charge in [-0.05, 0) is 0 Å². The Morgan fingerprint density at radius 1 is 1.30 bits per heavy atom. The molecule has 1 rings (SSSR count). The van der Waals surface area contributed by atoms with Gasteiger partial charge in [0.2, 0.25) is 5.91 Å². The molecule has 10 heavy (non-hydrogen) atoms. The first-order valence-electron chi connectivity index (χ1n) is 3.45. The summed E-state index contributed by atoms with van der Waals surface area (Å²) in [4.78, 5) is 14.3. The summed E-state index contributed by atoms with van der Waals surface area (Å²) in [5.41, 5.74) is 0. The second-order valence-electron chi connectivity index (χ2n) is 2.54. The summed E-state index contributed by atoms with van der Waals surface area (Å²) < 4.78 is 0. The van der Waals surface area contributed by atoms with E-state index in [9.17, 15) is 4.79 Å².